The third-order valence-corrected chi connectivity index (χ3v) is 15.7. The highest BCUT2D eigenvalue weighted by atomic mass is 16.7. The van der Waals surface area contributed by atoms with E-state index < -0.39 is 30.7 Å². The van der Waals surface area contributed by atoms with Crippen molar-refractivity contribution < 1.29 is 34.3 Å². The largest absolute Gasteiger partial charge is 0.463 e. The summed E-state index contributed by atoms with van der Waals surface area (Å²) in [6.07, 6.45) is 17.8. The molecule has 0 radical (unpaired) electrons. The van der Waals surface area contributed by atoms with Crippen LogP contribution in [0.3, 0.4) is 0 Å². The second-order valence-electron chi connectivity index (χ2n) is 19.2. The number of unbranched alkanes of at least 4 members (excludes halogenated alkanes) is 7. The Hall–Kier alpha value is -0.990. The van der Waals surface area contributed by atoms with Gasteiger partial charge in [-0.1, -0.05) is 118 Å². The molecule has 7 heteroatoms. The molecule has 4 aliphatic carbocycles. The van der Waals surface area contributed by atoms with Crippen molar-refractivity contribution in [3.05, 3.63) is 11.6 Å². The summed E-state index contributed by atoms with van der Waals surface area (Å²) >= 11 is 0. The van der Waals surface area contributed by atoms with Gasteiger partial charge in [-0.2, -0.15) is 0 Å². The Morgan fingerprint density at radius 1 is 0.865 bits per heavy atom. The van der Waals surface area contributed by atoms with Gasteiger partial charge in [0.1, 0.15) is 31.0 Å². The number of hydrogen-bond acceptors (Lipinski definition) is 7. The van der Waals surface area contributed by atoms with E-state index in [0.29, 0.717) is 17.8 Å². The number of allylic oxidation sites excluding steroid dienone is 1. The van der Waals surface area contributed by atoms with E-state index in [9.17, 15) is 20.1 Å². The lowest BCUT2D eigenvalue weighted by Crippen LogP contribution is -2.60. The smallest absolute Gasteiger partial charge is 0.305 e. The van der Waals surface area contributed by atoms with Crippen molar-refractivity contribution in [3.63, 3.8) is 0 Å². The van der Waals surface area contributed by atoms with Crippen LogP contribution >= 0.6 is 0 Å². The fraction of sp³-hybridized carbons (Fsp3) is 0.933. The number of carbonyl (C=O) groups excluding carboxylic acids is 1. The second kappa shape index (κ2) is 18.8. The number of esters is 1. The maximum absolute atomic E-state index is 12.5. The Kier molecular flexibility index (Phi) is 15.2. The highest BCUT2D eigenvalue weighted by Gasteiger charge is 2.59. The number of hydrogen-bond donors (Lipinski definition) is 3. The minimum atomic E-state index is -1.44. The molecular formula is C45H78O7. The molecule has 5 rings (SSSR count). The molecule has 1 aliphatic heterocycles. The minimum absolute atomic E-state index is 0.137. The van der Waals surface area contributed by atoms with E-state index in [1.165, 1.54) is 76.2 Å². The molecule has 7 nitrogen and oxygen atoms in total. The van der Waals surface area contributed by atoms with Gasteiger partial charge < -0.3 is 29.5 Å². The normalized spacial score (nSPS) is 40.0. The molecule has 3 saturated carbocycles. The Bertz CT molecular complexity index is 1150. The molecule has 1 saturated heterocycles. The van der Waals surface area contributed by atoms with Crippen molar-refractivity contribution in [1.29, 1.82) is 0 Å². The van der Waals surface area contributed by atoms with Crippen molar-refractivity contribution in [2.45, 2.75) is 207 Å². The van der Waals surface area contributed by atoms with Gasteiger partial charge in [0.15, 0.2) is 6.29 Å². The van der Waals surface area contributed by atoms with Crippen molar-refractivity contribution in [2.24, 2.45) is 52.3 Å². The quantitative estimate of drug-likeness (QED) is 0.0733. The molecule has 1 heterocycles. The van der Waals surface area contributed by atoms with E-state index in [0.717, 1.165) is 80.5 Å². The molecule has 0 bridgehead atoms. The molecule has 14 atom stereocenters. The van der Waals surface area contributed by atoms with Crippen LogP contribution < -0.4 is 0 Å². The van der Waals surface area contributed by atoms with Crippen LogP contribution in [0.2, 0.25) is 0 Å². The zero-order chi connectivity index (χ0) is 37.6. The number of aliphatic hydroxyl groups is 3. The molecule has 0 aromatic carbocycles. The zero-order valence-electron chi connectivity index (χ0n) is 34.2. The Labute approximate surface area is 317 Å². The van der Waals surface area contributed by atoms with E-state index in [-0.39, 0.29) is 24.1 Å². The first-order valence-electron chi connectivity index (χ1n) is 22.0. The summed E-state index contributed by atoms with van der Waals surface area (Å²) in [5.74, 6) is 5.17. The van der Waals surface area contributed by atoms with E-state index in [1.54, 1.807) is 0 Å². The van der Waals surface area contributed by atoms with Crippen molar-refractivity contribution in [3.8, 4) is 0 Å². The van der Waals surface area contributed by atoms with Crippen LogP contribution in [0.1, 0.15) is 170 Å². The number of rotatable bonds is 18. The van der Waals surface area contributed by atoms with Gasteiger partial charge in [-0.05, 0) is 110 Å². The summed E-state index contributed by atoms with van der Waals surface area (Å²) < 4.78 is 17.9. The predicted molar refractivity (Wildman–Crippen MR) is 207 cm³/mol. The van der Waals surface area contributed by atoms with Gasteiger partial charge in [0.25, 0.3) is 0 Å². The van der Waals surface area contributed by atoms with Crippen LogP contribution in [0, 0.1) is 52.3 Å². The third-order valence-electron chi connectivity index (χ3n) is 15.7. The molecular weight excluding hydrogens is 652 g/mol. The molecule has 0 amide bonds. The molecule has 0 aromatic heterocycles. The summed E-state index contributed by atoms with van der Waals surface area (Å²) in [5, 5.41) is 32.3. The standard InChI is InChI=1S/C45H78O7/c1-8-9-10-11-12-13-14-15-16-39(46)50-28-38-40(47)41(48)42(49)43(52-38)51-33-23-25-44(6)32(27-33)19-20-34-36-22-21-35(45(36,7)26-24-37(34)44)31(5)18-17-30(4)29(2)3/h19,29-31,33-38,40-43,47-49H,8-18,20-28H2,1-7H3. The molecule has 4 fully saturated rings. The van der Waals surface area contributed by atoms with E-state index in [2.05, 4.69) is 54.5 Å². The highest BCUT2D eigenvalue weighted by Crippen LogP contribution is 2.67. The van der Waals surface area contributed by atoms with E-state index in [4.69, 9.17) is 14.2 Å². The number of carbonyl (C=O) groups is 1. The first-order valence-corrected chi connectivity index (χ1v) is 22.0. The topological polar surface area (TPSA) is 105 Å². The minimum Gasteiger partial charge on any atom is -0.463 e. The number of fused-ring (bicyclic) bond motifs is 5. The highest BCUT2D eigenvalue weighted by molar-refractivity contribution is 5.69. The lowest BCUT2D eigenvalue weighted by molar-refractivity contribution is -0.313. The van der Waals surface area contributed by atoms with Crippen LogP contribution in [-0.2, 0) is 19.0 Å². The lowest BCUT2D eigenvalue weighted by Gasteiger charge is -2.58. The average molecular weight is 731 g/mol. The summed E-state index contributed by atoms with van der Waals surface area (Å²) in [4.78, 5) is 12.5. The fourth-order valence-corrected chi connectivity index (χ4v) is 11.8. The molecule has 3 N–H and O–H groups in total. The van der Waals surface area contributed by atoms with Gasteiger partial charge in [0, 0.05) is 6.42 Å². The Morgan fingerprint density at radius 2 is 1.58 bits per heavy atom. The van der Waals surface area contributed by atoms with Gasteiger partial charge in [0.2, 0.25) is 0 Å². The van der Waals surface area contributed by atoms with Crippen LogP contribution in [-0.4, -0.2) is 64.7 Å². The van der Waals surface area contributed by atoms with Gasteiger partial charge in [-0.3, -0.25) is 4.79 Å². The lowest BCUT2D eigenvalue weighted by atomic mass is 9.47. The summed E-state index contributed by atoms with van der Waals surface area (Å²) in [6, 6.07) is 0. The predicted octanol–water partition coefficient (Wildman–Crippen LogP) is 9.54. The van der Waals surface area contributed by atoms with Crippen molar-refractivity contribution in [2.75, 3.05) is 6.61 Å². The van der Waals surface area contributed by atoms with Gasteiger partial charge in [-0.25, -0.2) is 0 Å². The monoisotopic (exact) mass is 731 g/mol. The number of aliphatic hydroxyl groups excluding tert-OH is 3. The Balaban J connectivity index is 1.11. The van der Waals surface area contributed by atoms with Gasteiger partial charge in [-0.15, -0.1) is 0 Å². The van der Waals surface area contributed by atoms with Crippen LogP contribution in [0.15, 0.2) is 11.6 Å². The summed E-state index contributed by atoms with van der Waals surface area (Å²) in [6.45, 7) is 16.9. The molecule has 0 aromatic rings. The summed E-state index contributed by atoms with van der Waals surface area (Å²) in [5.41, 5.74) is 2.13. The fourth-order valence-electron chi connectivity index (χ4n) is 11.8. The van der Waals surface area contributed by atoms with Crippen LogP contribution in [0.4, 0.5) is 0 Å². The van der Waals surface area contributed by atoms with Crippen LogP contribution in [0.5, 0.6) is 0 Å². The molecule has 5 aliphatic rings. The second-order valence-corrected chi connectivity index (χ2v) is 19.2. The maximum atomic E-state index is 12.5. The molecule has 0 spiro atoms. The first-order chi connectivity index (χ1) is 24.8. The maximum Gasteiger partial charge on any atom is 0.305 e. The third kappa shape index (κ3) is 9.51. The number of ether oxygens (including phenoxy) is 3. The molecule has 14 unspecified atom stereocenters. The van der Waals surface area contributed by atoms with Crippen molar-refractivity contribution in [1.82, 2.24) is 0 Å². The molecule has 52 heavy (non-hydrogen) atoms. The molecule has 300 valence electrons. The summed E-state index contributed by atoms with van der Waals surface area (Å²) in [7, 11) is 0. The van der Waals surface area contributed by atoms with E-state index >= 15 is 0 Å². The van der Waals surface area contributed by atoms with Gasteiger partial charge in [0.05, 0.1) is 6.10 Å². The van der Waals surface area contributed by atoms with Gasteiger partial charge >= 0.3 is 5.97 Å². The average Bonchev–Trinajstić information content (AvgIpc) is 3.48. The van der Waals surface area contributed by atoms with E-state index in [1.807, 2.05) is 0 Å². The van der Waals surface area contributed by atoms with Crippen LogP contribution in [0.25, 0.3) is 0 Å². The van der Waals surface area contributed by atoms with Crippen molar-refractivity contribution >= 4 is 5.97 Å². The Morgan fingerprint density at radius 3 is 2.29 bits per heavy atom. The zero-order valence-corrected chi connectivity index (χ0v) is 34.2. The first kappa shape index (κ1) is 42.2. The SMILES string of the molecule is CCCCCCCCCCC(=O)OCC1OC(OC2CCC3(C)C(=CCC4C3CCC3(C)C(C(C)CCC(C)C(C)C)CCC43)C2)C(O)C(O)C1O.